The molecule has 15 heavy (non-hydrogen) atoms. The van der Waals surface area contributed by atoms with Gasteiger partial charge in [-0.2, -0.15) is 5.26 Å². The number of nitrogens with zero attached hydrogens (tertiary/aromatic N) is 1. The minimum absolute atomic E-state index is 0.275. The first-order valence-corrected chi connectivity index (χ1v) is 4.95. The molecule has 2 aromatic rings. The molecule has 1 heterocycles. The van der Waals surface area contributed by atoms with E-state index in [1.165, 1.54) is 12.1 Å². The topological polar surface area (TPSA) is 36.9 Å². The molecule has 1 aromatic carbocycles. The van der Waals surface area contributed by atoms with Crippen molar-refractivity contribution in [2.24, 2.45) is 0 Å². The molecule has 0 saturated heterocycles. The Bertz CT molecular complexity index is 542. The predicted octanol–water partition coefficient (Wildman–Crippen LogP) is 3.72. The van der Waals surface area contributed by atoms with Gasteiger partial charge in [0, 0.05) is 5.56 Å². The van der Waals surface area contributed by atoms with E-state index in [-0.39, 0.29) is 5.56 Å². The van der Waals surface area contributed by atoms with Crippen molar-refractivity contribution in [3.63, 3.8) is 0 Å². The number of rotatable bonds is 1. The zero-order chi connectivity index (χ0) is 10.8. The van der Waals surface area contributed by atoms with Crippen LogP contribution < -0.4 is 0 Å². The number of nitriles is 1. The summed E-state index contributed by atoms with van der Waals surface area (Å²) in [5.74, 6) is 0.0782. The van der Waals surface area contributed by atoms with E-state index in [1.54, 1.807) is 18.2 Å². The molecule has 0 aliphatic rings. The maximum Gasteiger partial charge on any atom is 0.169 e. The van der Waals surface area contributed by atoms with Gasteiger partial charge in [-0.3, -0.25) is 0 Å². The minimum Gasteiger partial charge on any atom is -0.449 e. The summed E-state index contributed by atoms with van der Waals surface area (Å²) in [4.78, 5) is 0. The Labute approximate surface area is 94.1 Å². The van der Waals surface area contributed by atoms with Crippen molar-refractivity contribution in [1.29, 1.82) is 5.26 Å². The van der Waals surface area contributed by atoms with Crippen molar-refractivity contribution in [2.75, 3.05) is 0 Å². The molecule has 0 bridgehead atoms. The molecule has 0 unspecified atom stereocenters. The number of hydrogen-bond acceptors (Lipinski definition) is 2. The summed E-state index contributed by atoms with van der Waals surface area (Å²) in [6, 6.07) is 9.40. The first-order valence-electron chi connectivity index (χ1n) is 4.15. The second-order valence-corrected chi connectivity index (χ2v) is 3.73. The summed E-state index contributed by atoms with van der Waals surface area (Å²) >= 11 is 3.16. The van der Waals surface area contributed by atoms with Gasteiger partial charge in [-0.15, -0.1) is 0 Å². The Morgan fingerprint density at radius 2 is 2.07 bits per heavy atom. The third-order valence-corrected chi connectivity index (χ3v) is 2.31. The van der Waals surface area contributed by atoms with Crippen LogP contribution in [0.1, 0.15) is 5.56 Å². The molecule has 0 saturated carbocycles. The largest absolute Gasteiger partial charge is 0.449 e. The third-order valence-electron chi connectivity index (χ3n) is 1.88. The first kappa shape index (κ1) is 9.94. The van der Waals surface area contributed by atoms with Crippen molar-refractivity contribution in [3.05, 3.63) is 46.4 Å². The van der Waals surface area contributed by atoms with Crippen LogP contribution in [0.5, 0.6) is 0 Å². The Morgan fingerprint density at radius 3 is 2.67 bits per heavy atom. The van der Waals surface area contributed by atoms with Crippen LogP contribution >= 0.6 is 15.9 Å². The van der Waals surface area contributed by atoms with E-state index in [9.17, 15) is 4.39 Å². The van der Waals surface area contributed by atoms with E-state index < -0.39 is 5.82 Å². The van der Waals surface area contributed by atoms with Gasteiger partial charge in [-0.25, -0.2) is 4.39 Å². The van der Waals surface area contributed by atoms with E-state index in [0.29, 0.717) is 16.0 Å². The lowest BCUT2D eigenvalue weighted by Crippen LogP contribution is -1.82. The quantitative estimate of drug-likeness (QED) is 0.788. The predicted molar refractivity (Wildman–Crippen MR) is 56.5 cm³/mol. The lowest BCUT2D eigenvalue weighted by atomic mass is 10.1. The van der Waals surface area contributed by atoms with Crippen LogP contribution in [0, 0.1) is 17.1 Å². The summed E-state index contributed by atoms with van der Waals surface area (Å²) in [7, 11) is 0. The monoisotopic (exact) mass is 265 g/mol. The fraction of sp³-hybridized carbons (Fsp3) is 0. The van der Waals surface area contributed by atoms with Gasteiger partial charge in [0.2, 0.25) is 0 Å². The van der Waals surface area contributed by atoms with Gasteiger partial charge in [0.25, 0.3) is 0 Å². The fourth-order valence-corrected chi connectivity index (χ4v) is 1.57. The minimum atomic E-state index is -0.448. The van der Waals surface area contributed by atoms with Crippen LogP contribution in [0.25, 0.3) is 11.3 Å². The van der Waals surface area contributed by atoms with Crippen molar-refractivity contribution in [2.45, 2.75) is 0 Å². The molecular weight excluding hydrogens is 261 g/mol. The molecule has 0 aliphatic heterocycles. The number of benzene rings is 1. The molecule has 4 heteroatoms. The first-order chi connectivity index (χ1) is 7.19. The van der Waals surface area contributed by atoms with Crippen molar-refractivity contribution in [1.82, 2.24) is 0 Å². The lowest BCUT2D eigenvalue weighted by molar-refractivity contribution is 0.554. The zero-order valence-corrected chi connectivity index (χ0v) is 9.08. The fourth-order valence-electron chi connectivity index (χ4n) is 1.27. The van der Waals surface area contributed by atoms with Gasteiger partial charge in [0.05, 0.1) is 11.6 Å². The van der Waals surface area contributed by atoms with Crippen molar-refractivity contribution >= 4 is 15.9 Å². The maximum atomic E-state index is 13.1. The average Bonchev–Trinajstić information content (AvgIpc) is 2.64. The Kier molecular flexibility index (Phi) is 2.57. The third kappa shape index (κ3) is 2.08. The van der Waals surface area contributed by atoms with E-state index in [1.807, 2.05) is 6.07 Å². The molecule has 0 radical (unpaired) electrons. The van der Waals surface area contributed by atoms with Gasteiger partial charge >= 0.3 is 0 Å². The highest BCUT2D eigenvalue weighted by Gasteiger charge is 2.06. The van der Waals surface area contributed by atoms with E-state index in [2.05, 4.69) is 15.9 Å². The summed E-state index contributed by atoms with van der Waals surface area (Å²) in [5.41, 5.74) is 0.828. The molecule has 0 N–H and O–H groups in total. The van der Waals surface area contributed by atoms with Gasteiger partial charge in [-0.05, 0) is 46.3 Å². The Morgan fingerprint density at radius 1 is 1.27 bits per heavy atom. The number of hydrogen-bond donors (Lipinski definition) is 0. The lowest BCUT2D eigenvalue weighted by Gasteiger charge is -1.98. The molecule has 74 valence electrons. The van der Waals surface area contributed by atoms with Crippen LogP contribution in [0.15, 0.2) is 39.4 Å². The second-order valence-electron chi connectivity index (χ2n) is 2.94. The Hall–Kier alpha value is -1.60. The SMILES string of the molecule is N#Cc1cc(F)cc(-c2ccc(Br)o2)c1. The van der Waals surface area contributed by atoms with Gasteiger partial charge in [-0.1, -0.05) is 0 Å². The molecule has 0 spiro atoms. The van der Waals surface area contributed by atoms with E-state index >= 15 is 0 Å². The van der Waals surface area contributed by atoms with Gasteiger partial charge in [0.15, 0.2) is 4.67 Å². The van der Waals surface area contributed by atoms with Crippen LogP contribution in [0.3, 0.4) is 0 Å². The highest BCUT2D eigenvalue weighted by Crippen LogP contribution is 2.26. The smallest absolute Gasteiger partial charge is 0.169 e. The second kappa shape index (κ2) is 3.87. The highest BCUT2D eigenvalue weighted by molar-refractivity contribution is 9.10. The Balaban J connectivity index is 2.54. The van der Waals surface area contributed by atoms with E-state index in [4.69, 9.17) is 9.68 Å². The van der Waals surface area contributed by atoms with Crippen molar-refractivity contribution in [3.8, 4) is 17.4 Å². The average molecular weight is 266 g/mol. The molecule has 0 atom stereocenters. The van der Waals surface area contributed by atoms with Crippen LogP contribution in [0.2, 0.25) is 0 Å². The normalized spacial score (nSPS) is 9.93. The molecule has 0 amide bonds. The van der Waals surface area contributed by atoms with E-state index in [0.717, 1.165) is 0 Å². The molecule has 2 nitrogen and oxygen atoms in total. The zero-order valence-electron chi connectivity index (χ0n) is 7.50. The summed E-state index contributed by atoms with van der Waals surface area (Å²) < 4.78 is 18.9. The van der Waals surface area contributed by atoms with Gasteiger partial charge in [0.1, 0.15) is 11.6 Å². The van der Waals surface area contributed by atoms with Crippen LogP contribution in [-0.4, -0.2) is 0 Å². The summed E-state index contributed by atoms with van der Waals surface area (Å²) in [5, 5.41) is 8.68. The molecule has 0 aliphatic carbocycles. The summed E-state index contributed by atoms with van der Waals surface area (Å²) in [6.07, 6.45) is 0. The van der Waals surface area contributed by atoms with Crippen LogP contribution in [0.4, 0.5) is 4.39 Å². The van der Waals surface area contributed by atoms with Gasteiger partial charge < -0.3 is 4.42 Å². The number of halogens is 2. The molecule has 1 aromatic heterocycles. The molecular formula is C11H5BrFNO. The molecule has 2 rings (SSSR count). The molecule has 0 fully saturated rings. The standard InChI is InChI=1S/C11H5BrFNO/c12-11-2-1-10(15-11)8-3-7(6-14)4-9(13)5-8/h1-5H. The highest BCUT2D eigenvalue weighted by atomic mass is 79.9. The van der Waals surface area contributed by atoms with Crippen LogP contribution in [-0.2, 0) is 0 Å². The number of furan rings is 1. The maximum absolute atomic E-state index is 13.1. The van der Waals surface area contributed by atoms with Crippen molar-refractivity contribution < 1.29 is 8.81 Å². The summed E-state index contributed by atoms with van der Waals surface area (Å²) in [6.45, 7) is 0.